The van der Waals surface area contributed by atoms with Crippen LogP contribution in [0.3, 0.4) is 0 Å². The Morgan fingerprint density at radius 3 is 1.95 bits per heavy atom. The van der Waals surface area contributed by atoms with Crippen LogP contribution in [0.1, 0.15) is 13.3 Å². The Balaban J connectivity index is 2.24. The van der Waals surface area contributed by atoms with E-state index in [9.17, 15) is 0 Å². The molecular formula is C17H19NO. The Hall–Kier alpha value is -1.80. The quantitative estimate of drug-likeness (QED) is 0.679. The lowest BCUT2D eigenvalue weighted by molar-refractivity contribution is 0.0867. The van der Waals surface area contributed by atoms with Gasteiger partial charge < -0.3 is 9.30 Å². The maximum absolute atomic E-state index is 5.55. The third kappa shape index (κ3) is 2.02. The van der Waals surface area contributed by atoms with Crippen LogP contribution in [0.15, 0.2) is 48.5 Å². The largest absolute Gasteiger partial charge is 0.380 e. The molecule has 2 nitrogen and oxygen atoms in total. The first-order chi connectivity index (χ1) is 9.35. The third-order valence-electron chi connectivity index (χ3n) is 3.85. The van der Waals surface area contributed by atoms with Crippen LogP contribution < -0.4 is 0 Å². The zero-order valence-corrected chi connectivity index (χ0v) is 11.5. The molecule has 0 fully saturated rings. The monoisotopic (exact) mass is 253 g/mol. The third-order valence-corrected chi connectivity index (χ3v) is 3.85. The second-order valence-corrected chi connectivity index (χ2v) is 4.91. The summed E-state index contributed by atoms with van der Waals surface area (Å²) >= 11 is 0. The maximum Gasteiger partial charge on any atom is 0.0747 e. The van der Waals surface area contributed by atoms with E-state index in [0.29, 0.717) is 0 Å². The first kappa shape index (κ1) is 12.2. The van der Waals surface area contributed by atoms with Crippen molar-refractivity contribution in [3.8, 4) is 0 Å². The Morgan fingerprint density at radius 2 is 1.47 bits per heavy atom. The van der Waals surface area contributed by atoms with Gasteiger partial charge in [-0.25, -0.2) is 0 Å². The van der Waals surface area contributed by atoms with Gasteiger partial charge in [0.2, 0.25) is 0 Å². The molecule has 0 aliphatic heterocycles. The van der Waals surface area contributed by atoms with E-state index in [1.165, 1.54) is 21.8 Å². The molecule has 0 aliphatic carbocycles. The summed E-state index contributed by atoms with van der Waals surface area (Å²) in [5.41, 5.74) is 2.58. The highest BCUT2D eigenvalue weighted by Crippen LogP contribution is 2.29. The molecular weight excluding hydrogens is 234 g/mol. The van der Waals surface area contributed by atoms with E-state index in [0.717, 1.165) is 13.0 Å². The summed E-state index contributed by atoms with van der Waals surface area (Å²) in [7, 11) is 1.79. The highest BCUT2D eigenvalue weighted by molar-refractivity contribution is 6.07. The number of aromatic nitrogens is 1. The molecule has 98 valence electrons. The average Bonchev–Trinajstić information content (AvgIpc) is 2.79. The summed E-state index contributed by atoms with van der Waals surface area (Å²) < 4.78 is 7.93. The number of hydrogen-bond donors (Lipinski definition) is 0. The molecule has 0 saturated heterocycles. The summed E-state index contributed by atoms with van der Waals surface area (Å²) in [5, 5.41) is 2.65. The lowest BCUT2D eigenvalue weighted by Gasteiger charge is -2.15. The molecule has 3 rings (SSSR count). The van der Waals surface area contributed by atoms with Crippen LogP contribution in [-0.4, -0.2) is 17.8 Å². The molecule has 0 saturated carbocycles. The van der Waals surface area contributed by atoms with Crippen molar-refractivity contribution >= 4 is 21.8 Å². The lowest BCUT2D eigenvalue weighted by Crippen LogP contribution is -2.17. The van der Waals surface area contributed by atoms with Gasteiger partial charge in [-0.15, -0.1) is 0 Å². The van der Waals surface area contributed by atoms with E-state index in [2.05, 4.69) is 60.0 Å². The van der Waals surface area contributed by atoms with Crippen LogP contribution in [-0.2, 0) is 11.3 Å². The van der Waals surface area contributed by atoms with Crippen LogP contribution >= 0.6 is 0 Å². The van der Waals surface area contributed by atoms with E-state index in [1.54, 1.807) is 7.11 Å². The van der Waals surface area contributed by atoms with Gasteiger partial charge in [-0.3, -0.25) is 0 Å². The van der Waals surface area contributed by atoms with Gasteiger partial charge in [-0.05, 0) is 18.6 Å². The SMILES string of the molecule is CCC(Cn1c2ccccc2c2ccccc21)OC. The predicted octanol–water partition coefficient (Wildman–Crippen LogP) is 4.22. The Kier molecular flexibility index (Phi) is 3.26. The van der Waals surface area contributed by atoms with E-state index in [1.807, 2.05) is 0 Å². The summed E-state index contributed by atoms with van der Waals surface area (Å²) in [6, 6.07) is 17.2. The lowest BCUT2D eigenvalue weighted by atomic mass is 10.2. The van der Waals surface area contributed by atoms with Crippen molar-refractivity contribution < 1.29 is 4.74 Å². The van der Waals surface area contributed by atoms with E-state index in [4.69, 9.17) is 4.74 Å². The van der Waals surface area contributed by atoms with Crippen LogP contribution in [0.4, 0.5) is 0 Å². The Bertz CT molecular complexity index is 641. The molecule has 0 bridgehead atoms. The molecule has 3 aromatic rings. The summed E-state index contributed by atoms with van der Waals surface area (Å²) in [5.74, 6) is 0. The summed E-state index contributed by atoms with van der Waals surface area (Å²) in [4.78, 5) is 0. The number of fused-ring (bicyclic) bond motifs is 3. The minimum Gasteiger partial charge on any atom is -0.380 e. The van der Waals surface area contributed by atoms with Crippen LogP contribution in [0.5, 0.6) is 0 Å². The van der Waals surface area contributed by atoms with Crippen LogP contribution in [0.2, 0.25) is 0 Å². The van der Waals surface area contributed by atoms with Gasteiger partial charge in [0.05, 0.1) is 6.10 Å². The second-order valence-electron chi connectivity index (χ2n) is 4.91. The highest BCUT2D eigenvalue weighted by Gasteiger charge is 2.12. The molecule has 1 atom stereocenters. The van der Waals surface area contributed by atoms with Crippen molar-refractivity contribution in [3.05, 3.63) is 48.5 Å². The number of nitrogens with zero attached hydrogens (tertiary/aromatic N) is 1. The molecule has 1 unspecified atom stereocenters. The van der Waals surface area contributed by atoms with E-state index >= 15 is 0 Å². The zero-order valence-electron chi connectivity index (χ0n) is 11.5. The molecule has 0 spiro atoms. The van der Waals surface area contributed by atoms with E-state index in [-0.39, 0.29) is 6.10 Å². The van der Waals surface area contributed by atoms with Gasteiger partial charge in [0.15, 0.2) is 0 Å². The van der Waals surface area contributed by atoms with Crippen molar-refractivity contribution in [3.63, 3.8) is 0 Å². The standard InChI is InChI=1S/C17H19NO/c1-3-13(19-2)12-18-16-10-6-4-8-14(16)15-9-5-7-11-17(15)18/h4-11,13H,3,12H2,1-2H3. The molecule has 0 aliphatic rings. The number of rotatable bonds is 4. The molecule has 19 heavy (non-hydrogen) atoms. The molecule has 0 radical (unpaired) electrons. The highest BCUT2D eigenvalue weighted by atomic mass is 16.5. The summed E-state index contributed by atoms with van der Waals surface area (Å²) in [6.07, 6.45) is 1.29. The Labute approximate surface area is 113 Å². The first-order valence-electron chi connectivity index (χ1n) is 6.84. The minimum absolute atomic E-state index is 0.263. The summed E-state index contributed by atoms with van der Waals surface area (Å²) in [6.45, 7) is 3.07. The normalized spacial score (nSPS) is 13.2. The van der Waals surface area contributed by atoms with Crippen molar-refractivity contribution in [1.82, 2.24) is 4.57 Å². The van der Waals surface area contributed by atoms with Gasteiger partial charge in [-0.1, -0.05) is 43.3 Å². The van der Waals surface area contributed by atoms with Crippen LogP contribution in [0.25, 0.3) is 21.8 Å². The molecule has 1 heterocycles. The first-order valence-corrected chi connectivity index (χ1v) is 6.84. The van der Waals surface area contributed by atoms with Crippen molar-refractivity contribution in [2.45, 2.75) is 26.0 Å². The number of ether oxygens (including phenoxy) is 1. The minimum atomic E-state index is 0.263. The molecule has 2 aromatic carbocycles. The fraction of sp³-hybridized carbons (Fsp3) is 0.294. The maximum atomic E-state index is 5.55. The molecule has 2 heteroatoms. The number of benzene rings is 2. The average molecular weight is 253 g/mol. The topological polar surface area (TPSA) is 14.2 Å². The number of hydrogen-bond acceptors (Lipinski definition) is 1. The number of methoxy groups -OCH3 is 1. The van der Waals surface area contributed by atoms with Crippen LogP contribution in [0, 0.1) is 0 Å². The fourth-order valence-electron chi connectivity index (χ4n) is 2.77. The fourth-order valence-corrected chi connectivity index (χ4v) is 2.77. The van der Waals surface area contributed by atoms with Gasteiger partial charge in [0, 0.05) is 35.5 Å². The molecule has 0 amide bonds. The van der Waals surface area contributed by atoms with Crippen molar-refractivity contribution in [2.75, 3.05) is 7.11 Å². The molecule has 1 aromatic heterocycles. The van der Waals surface area contributed by atoms with Gasteiger partial charge in [0.25, 0.3) is 0 Å². The smallest absolute Gasteiger partial charge is 0.0747 e. The number of para-hydroxylation sites is 2. The second kappa shape index (κ2) is 5.06. The predicted molar refractivity (Wildman–Crippen MR) is 80.5 cm³/mol. The van der Waals surface area contributed by atoms with Gasteiger partial charge >= 0.3 is 0 Å². The van der Waals surface area contributed by atoms with Crippen molar-refractivity contribution in [1.29, 1.82) is 0 Å². The van der Waals surface area contributed by atoms with Gasteiger partial charge in [-0.2, -0.15) is 0 Å². The zero-order chi connectivity index (χ0) is 13.2. The van der Waals surface area contributed by atoms with Gasteiger partial charge in [0.1, 0.15) is 0 Å². The van der Waals surface area contributed by atoms with Crippen molar-refractivity contribution in [2.24, 2.45) is 0 Å². The Morgan fingerprint density at radius 1 is 0.947 bits per heavy atom. The van der Waals surface area contributed by atoms with E-state index < -0.39 is 0 Å². The molecule has 0 N–H and O–H groups in total.